The molecule has 1 atom stereocenters. The van der Waals surface area contributed by atoms with Gasteiger partial charge in [0.25, 0.3) is 0 Å². The average molecular weight is 248 g/mol. The second-order valence-electron chi connectivity index (χ2n) is 5.76. The summed E-state index contributed by atoms with van der Waals surface area (Å²) in [4.78, 5) is 14.5. The van der Waals surface area contributed by atoms with E-state index in [1.54, 1.807) is 0 Å². The molecule has 1 heterocycles. The van der Waals surface area contributed by atoms with Crippen molar-refractivity contribution < 1.29 is 4.79 Å². The van der Waals surface area contributed by atoms with Crippen molar-refractivity contribution in [2.45, 2.75) is 39.7 Å². The molecule has 0 N–H and O–H groups in total. The third-order valence-corrected chi connectivity index (χ3v) is 4.47. The van der Waals surface area contributed by atoms with Gasteiger partial charge in [0, 0.05) is 30.0 Å². The highest BCUT2D eigenvalue weighted by Crippen LogP contribution is 2.34. The maximum absolute atomic E-state index is 12.3. The second kappa shape index (κ2) is 4.88. The molecule has 1 unspecified atom stereocenters. The number of ketones is 1. The molecule has 18 heavy (non-hydrogen) atoms. The van der Waals surface area contributed by atoms with Crippen LogP contribution in [0, 0.1) is 19.8 Å². The Morgan fingerprint density at radius 2 is 2.11 bits per heavy atom. The van der Waals surface area contributed by atoms with Gasteiger partial charge in [0.1, 0.15) is 0 Å². The molecule has 1 aromatic rings. The number of nitrogens with zero attached hydrogens (tertiary/aromatic N) is 2. The number of Topliss-reactive ketones (excluding diaryl/α,β-unsaturated/α-hetero) is 1. The number of rotatable bonds is 5. The van der Waals surface area contributed by atoms with Crippen LogP contribution in [0.2, 0.25) is 0 Å². The fourth-order valence-corrected chi connectivity index (χ4v) is 2.53. The van der Waals surface area contributed by atoms with E-state index >= 15 is 0 Å². The summed E-state index contributed by atoms with van der Waals surface area (Å²) in [6, 6.07) is 2.53. The van der Waals surface area contributed by atoms with Crippen molar-refractivity contribution in [1.82, 2.24) is 9.47 Å². The van der Waals surface area contributed by atoms with Crippen LogP contribution in [-0.2, 0) is 7.05 Å². The first-order chi connectivity index (χ1) is 8.41. The van der Waals surface area contributed by atoms with E-state index in [2.05, 4.69) is 23.4 Å². The number of hydrogen-bond donors (Lipinski definition) is 0. The standard InChI is InChI=1S/C15H24N2O/c1-10-8-14(12(3)17(10)5)15(18)9-16(4)11(2)13-6-7-13/h8,11,13H,6-7,9H2,1-5H3. The fourth-order valence-electron chi connectivity index (χ4n) is 2.53. The van der Waals surface area contributed by atoms with Crippen molar-refractivity contribution in [1.29, 1.82) is 0 Å². The minimum atomic E-state index is 0.242. The SMILES string of the molecule is Cc1cc(C(=O)CN(C)C(C)C2CC2)c(C)n1C. The van der Waals surface area contributed by atoms with E-state index in [1.165, 1.54) is 12.8 Å². The first kappa shape index (κ1) is 13.3. The highest BCUT2D eigenvalue weighted by atomic mass is 16.1. The molecule has 0 aliphatic heterocycles. The van der Waals surface area contributed by atoms with Crippen LogP contribution >= 0.6 is 0 Å². The lowest BCUT2D eigenvalue weighted by atomic mass is 10.1. The van der Waals surface area contributed by atoms with E-state index in [4.69, 9.17) is 0 Å². The van der Waals surface area contributed by atoms with Crippen molar-refractivity contribution in [3.05, 3.63) is 23.0 Å². The minimum Gasteiger partial charge on any atom is -0.351 e. The van der Waals surface area contributed by atoms with Crippen LogP contribution in [-0.4, -0.2) is 34.9 Å². The van der Waals surface area contributed by atoms with Gasteiger partial charge in [-0.3, -0.25) is 9.69 Å². The Hall–Kier alpha value is -1.09. The molecule has 0 spiro atoms. The van der Waals surface area contributed by atoms with Crippen LogP contribution in [0.15, 0.2) is 6.07 Å². The van der Waals surface area contributed by atoms with Crippen LogP contribution < -0.4 is 0 Å². The Bertz CT molecular complexity index is 457. The number of aryl methyl sites for hydroxylation is 1. The summed E-state index contributed by atoms with van der Waals surface area (Å²) in [6.45, 7) is 6.82. The van der Waals surface area contributed by atoms with E-state index in [0.29, 0.717) is 12.6 Å². The third-order valence-electron chi connectivity index (χ3n) is 4.47. The Kier molecular flexibility index (Phi) is 3.62. The lowest BCUT2D eigenvalue weighted by Gasteiger charge is -2.23. The molecule has 0 amide bonds. The molecule has 1 aromatic heterocycles. The summed E-state index contributed by atoms with van der Waals surface area (Å²) < 4.78 is 2.08. The van der Waals surface area contributed by atoms with E-state index < -0.39 is 0 Å². The smallest absolute Gasteiger partial charge is 0.178 e. The molecule has 0 saturated heterocycles. The fraction of sp³-hybridized carbons (Fsp3) is 0.667. The molecule has 3 heteroatoms. The van der Waals surface area contributed by atoms with Crippen LogP contribution in [0.4, 0.5) is 0 Å². The molecule has 0 radical (unpaired) electrons. The normalized spacial score (nSPS) is 17.2. The zero-order chi connectivity index (χ0) is 13.4. The maximum Gasteiger partial charge on any atom is 0.178 e. The average Bonchev–Trinajstić information content (AvgIpc) is 3.13. The zero-order valence-corrected chi connectivity index (χ0v) is 12.2. The molecule has 1 aliphatic carbocycles. The Morgan fingerprint density at radius 3 is 2.56 bits per heavy atom. The molecule has 2 rings (SSSR count). The zero-order valence-electron chi connectivity index (χ0n) is 12.2. The molecule has 100 valence electrons. The Morgan fingerprint density at radius 1 is 1.50 bits per heavy atom. The van der Waals surface area contributed by atoms with Gasteiger partial charge in [-0.2, -0.15) is 0 Å². The van der Waals surface area contributed by atoms with E-state index in [0.717, 1.165) is 22.9 Å². The summed E-state index contributed by atoms with van der Waals surface area (Å²) in [5.74, 6) is 1.05. The molecule has 1 saturated carbocycles. The molecular weight excluding hydrogens is 224 g/mol. The monoisotopic (exact) mass is 248 g/mol. The largest absolute Gasteiger partial charge is 0.351 e. The lowest BCUT2D eigenvalue weighted by Crippen LogP contribution is -2.35. The third kappa shape index (κ3) is 2.51. The number of hydrogen-bond acceptors (Lipinski definition) is 2. The number of carbonyl (C=O) groups excluding carboxylic acids is 1. The summed E-state index contributed by atoms with van der Waals surface area (Å²) in [6.07, 6.45) is 2.65. The number of aromatic nitrogens is 1. The maximum atomic E-state index is 12.3. The van der Waals surface area contributed by atoms with E-state index in [1.807, 2.05) is 27.0 Å². The summed E-state index contributed by atoms with van der Waals surface area (Å²) >= 11 is 0. The van der Waals surface area contributed by atoms with Gasteiger partial charge in [-0.1, -0.05) is 0 Å². The van der Waals surface area contributed by atoms with Gasteiger partial charge in [-0.05, 0) is 52.6 Å². The van der Waals surface area contributed by atoms with E-state index in [9.17, 15) is 4.79 Å². The van der Waals surface area contributed by atoms with Gasteiger partial charge in [-0.15, -0.1) is 0 Å². The van der Waals surface area contributed by atoms with Crippen molar-refractivity contribution in [2.24, 2.45) is 13.0 Å². The van der Waals surface area contributed by atoms with Gasteiger partial charge < -0.3 is 4.57 Å². The minimum absolute atomic E-state index is 0.242. The van der Waals surface area contributed by atoms with Crippen LogP contribution in [0.25, 0.3) is 0 Å². The molecule has 1 fully saturated rings. The Balaban J connectivity index is 2.04. The first-order valence-corrected chi connectivity index (χ1v) is 6.78. The first-order valence-electron chi connectivity index (χ1n) is 6.78. The quantitative estimate of drug-likeness (QED) is 0.748. The summed E-state index contributed by atoms with van der Waals surface area (Å²) in [7, 11) is 4.07. The van der Waals surface area contributed by atoms with Crippen LogP contribution in [0.3, 0.4) is 0 Å². The van der Waals surface area contributed by atoms with Gasteiger partial charge in [0.05, 0.1) is 6.54 Å². The van der Waals surface area contributed by atoms with Crippen molar-refractivity contribution >= 4 is 5.78 Å². The topological polar surface area (TPSA) is 25.2 Å². The molecule has 3 nitrogen and oxygen atoms in total. The highest BCUT2D eigenvalue weighted by Gasteiger charge is 2.31. The number of likely N-dealkylation sites (N-methyl/N-ethyl adjacent to an activating group) is 1. The van der Waals surface area contributed by atoms with Crippen LogP contribution in [0.5, 0.6) is 0 Å². The van der Waals surface area contributed by atoms with Gasteiger partial charge in [0.2, 0.25) is 0 Å². The summed E-state index contributed by atoms with van der Waals surface area (Å²) in [5.41, 5.74) is 3.10. The molecular formula is C15H24N2O. The van der Waals surface area contributed by atoms with E-state index in [-0.39, 0.29) is 5.78 Å². The second-order valence-corrected chi connectivity index (χ2v) is 5.76. The van der Waals surface area contributed by atoms with Gasteiger partial charge in [-0.25, -0.2) is 0 Å². The van der Waals surface area contributed by atoms with Crippen molar-refractivity contribution in [2.75, 3.05) is 13.6 Å². The highest BCUT2D eigenvalue weighted by molar-refractivity contribution is 5.99. The van der Waals surface area contributed by atoms with Crippen molar-refractivity contribution in [3.63, 3.8) is 0 Å². The predicted octanol–water partition coefficient (Wildman–Crippen LogP) is 2.55. The van der Waals surface area contributed by atoms with Crippen LogP contribution in [0.1, 0.15) is 41.5 Å². The molecule has 0 aromatic carbocycles. The number of carbonyl (C=O) groups is 1. The predicted molar refractivity (Wildman–Crippen MR) is 74.0 cm³/mol. The summed E-state index contributed by atoms with van der Waals surface area (Å²) in [5, 5.41) is 0. The molecule has 0 bridgehead atoms. The Labute approximate surface area is 110 Å². The lowest BCUT2D eigenvalue weighted by molar-refractivity contribution is 0.0916. The van der Waals surface area contributed by atoms with Gasteiger partial charge in [0.15, 0.2) is 5.78 Å². The van der Waals surface area contributed by atoms with Gasteiger partial charge >= 0.3 is 0 Å². The van der Waals surface area contributed by atoms with Crippen molar-refractivity contribution in [3.8, 4) is 0 Å². The molecule has 1 aliphatic rings.